The van der Waals surface area contributed by atoms with Crippen molar-refractivity contribution < 1.29 is 9.84 Å². The molecule has 0 bridgehead atoms. The minimum absolute atomic E-state index is 0.482. The van der Waals surface area contributed by atoms with Crippen molar-refractivity contribution in [2.24, 2.45) is 0 Å². The van der Waals surface area contributed by atoms with Crippen molar-refractivity contribution in [1.29, 1.82) is 0 Å². The first-order valence-corrected chi connectivity index (χ1v) is 4.68. The molecular weight excluding hydrogens is 174 g/mol. The van der Waals surface area contributed by atoms with E-state index in [9.17, 15) is 5.11 Å². The lowest BCUT2D eigenvalue weighted by molar-refractivity contribution is -0.0972. The quantitative estimate of drug-likeness (QED) is 0.708. The van der Waals surface area contributed by atoms with Crippen molar-refractivity contribution in [2.45, 2.75) is 20.1 Å². The molecule has 68 valence electrons. The zero-order valence-electron chi connectivity index (χ0n) is 7.20. The summed E-state index contributed by atoms with van der Waals surface area (Å²) in [5.41, 5.74) is 7.02. The van der Waals surface area contributed by atoms with Gasteiger partial charge in [-0.3, -0.25) is 0 Å². The summed E-state index contributed by atoms with van der Waals surface area (Å²) in [5.74, 6) is 0. The molecule has 0 aliphatic rings. The van der Waals surface area contributed by atoms with Crippen LogP contribution in [0.5, 0.6) is 0 Å². The molecule has 0 aliphatic carbocycles. The Morgan fingerprint density at radius 2 is 2.42 bits per heavy atom. The van der Waals surface area contributed by atoms with Crippen LogP contribution in [0.3, 0.4) is 0 Å². The van der Waals surface area contributed by atoms with E-state index in [4.69, 9.17) is 10.5 Å². The lowest BCUT2D eigenvalue weighted by atomic mass is 10.2. The summed E-state index contributed by atoms with van der Waals surface area (Å²) in [6.07, 6.45) is -0.875. The number of nitrogens with two attached hydrogens (primary N) is 1. The molecule has 0 fully saturated rings. The number of ether oxygens (including phenoxy) is 1. The predicted octanol–water partition coefficient (Wildman–Crippen LogP) is 1.67. The first-order valence-electron chi connectivity index (χ1n) is 3.80. The van der Waals surface area contributed by atoms with Crippen molar-refractivity contribution >= 4 is 17.0 Å². The van der Waals surface area contributed by atoms with Crippen LogP contribution in [0.4, 0.5) is 5.69 Å². The van der Waals surface area contributed by atoms with Gasteiger partial charge in [0.25, 0.3) is 0 Å². The molecule has 1 rings (SSSR count). The normalized spacial score (nSPS) is 13.2. The van der Waals surface area contributed by atoms with Crippen LogP contribution in [0.1, 0.15) is 23.7 Å². The van der Waals surface area contributed by atoms with E-state index in [0.717, 1.165) is 4.88 Å². The molecule has 1 aromatic rings. The molecule has 0 amide bonds. The molecular formula is C8H13NO2S. The van der Waals surface area contributed by atoms with E-state index in [1.807, 2.05) is 19.2 Å². The maximum absolute atomic E-state index is 9.42. The van der Waals surface area contributed by atoms with Gasteiger partial charge >= 0.3 is 0 Å². The number of hydrogen-bond donors (Lipinski definition) is 2. The van der Waals surface area contributed by atoms with Gasteiger partial charge in [0.05, 0.1) is 5.69 Å². The summed E-state index contributed by atoms with van der Waals surface area (Å²) >= 11 is 1.52. The zero-order chi connectivity index (χ0) is 9.14. The standard InChI is InChI=1S/C8H13NO2S/c1-3-11-8(10)6-4-12-5(2)7(6)9/h4,8,10H,3,9H2,1-2H3. The summed E-state index contributed by atoms with van der Waals surface area (Å²) in [6.45, 7) is 4.23. The van der Waals surface area contributed by atoms with E-state index in [0.29, 0.717) is 17.9 Å². The molecule has 12 heavy (non-hydrogen) atoms. The lowest BCUT2D eigenvalue weighted by Crippen LogP contribution is -2.04. The smallest absolute Gasteiger partial charge is 0.183 e. The second kappa shape index (κ2) is 3.89. The topological polar surface area (TPSA) is 55.5 Å². The van der Waals surface area contributed by atoms with Gasteiger partial charge in [0.2, 0.25) is 0 Å². The van der Waals surface area contributed by atoms with Gasteiger partial charge in [-0.15, -0.1) is 11.3 Å². The van der Waals surface area contributed by atoms with Crippen LogP contribution < -0.4 is 5.73 Å². The SMILES string of the molecule is CCOC(O)c1csc(C)c1N. The molecule has 1 atom stereocenters. The van der Waals surface area contributed by atoms with Crippen LogP contribution >= 0.6 is 11.3 Å². The fourth-order valence-corrected chi connectivity index (χ4v) is 1.71. The number of aliphatic hydroxyl groups excluding tert-OH is 1. The van der Waals surface area contributed by atoms with Crippen LogP contribution in [0.25, 0.3) is 0 Å². The van der Waals surface area contributed by atoms with Gasteiger partial charge in [-0.1, -0.05) is 0 Å². The number of aryl methyl sites for hydroxylation is 1. The predicted molar refractivity (Wildman–Crippen MR) is 50.1 cm³/mol. The van der Waals surface area contributed by atoms with Gasteiger partial charge in [-0.05, 0) is 13.8 Å². The third-order valence-corrected chi connectivity index (χ3v) is 2.59. The molecule has 0 saturated carbocycles. The minimum atomic E-state index is -0.875. The summed E-state index contributed by atoms with van der Waals surface area (Å²) in [7, 11) is 0. The third kappa shape index (κ3) is 1.77. The van der Waals surface area contributed by atoms with E-state index in [2.05, 4.69) is 0 Å². The Bertz CT molecular complexity index is 260. The number of anilines is 1. The van der Waals surface area contributed by atoms with Gasteiger partial charge in [-0.25, -0.2) is 0 Å². The lowest BCUT2D eigenvalue weighted by Gasteiger charge is -2.09. The van der Waals surface area contributed by atoms with Gasteiger partial charge in [-0.2, -0.15) is 0 Å². The monoisotopic (exact) mass is 187 g/mol. The highest BCUT2D eigenvalue weighted by Gasteiger charge is 2.13. The Labute approximate surface area is 75.8 Å². The van der Waals surface area contributed by atoms with Crippen LogP contribution in [0.15, 0.2) is 5.38 Å². The van der Waals surface area contributed by atoms with Crippen molar-refractivity contribution in [3.05, 3.63) is 15.8 Å². The number of nitrogen functional groups attached to an aromatic ring is 1. The number of thiophene rings is 1. The van der Waals surface area contributed by atoms with Crippen LogP contribution in [0.2, 0.25) is 0 Å². The van der Waals surface area contributed by atoms with Gasteiger partial charge in [0.1, 0.15) is 0 Å². The Morgan fingerprint density at radius 3 is 2.83 bits per heavy atom. The van der Waals surface area contributed by atoms with Crippen LogP contribution in [0, 0.1) is 6.92 Å². The fourth-order valence-electron chi connectivity index (χ4n) is 0.921. The average Bonchev–Trinajstić information content (AvgIpc) is 2.34. The van der Waals surface area contributed by atoms with E-state index in [-0.39, 0.29) is 0 Å². The summed E-state index contributed by atoms with van der Waals surface area (Å²) in [5, 5.41) is 11.2. The van der Waals surface area contributed by atoms with E-state index >= 15 is 0 Å². The summed E-state index contributed by atoms with van der Waals surface area (Å²) in [6, 6.07) is 0. The average molecular weight is 187 g/mol. The highest BCUT2D eigenvalue weighted by molar-refractivity contribution is 7.10. The molecule has 3 nitrogen and oxygen atoms in total. The molecule has 0 radical (unpaired) electrons. The van der Waals surface area contributed by atoms with Crippen molar-refractivity contribution in [1.82, 2.24) is 0 Å². The Balaban J connectivity index is 2.80. The van der Waals surface area contributed by atoms with Crippen LogP contribution in [-0.2, 0) is 4.74 Å². The van der Waals surface area contributed by atoms with Crippen molar-refractivity contribution in [3.63, 3.8) is 0 Å². The van der Waals surface area contributed by atoms with E-state index in [1.54, 1.807) is 0 Å². The highest BCUT2D eigenvalue weighted by Crippen LogP contribution is 2.29. The number of rotatable bonds is 3. The molecule has 1 heterocycles. The summed E-state index contributed by atoms with van der Waals surface area (Å²) < 4.78 is 5.00. The number of aliphatic hydroxyl groups is 1. The molecule has 1 unspecified atom stereocenters. The van der Waals surface area contributed by atoms with E-state index < -0.39 is 6.29 Å². The molecule has 0 aromatic carbocycles. The second-order valence-electron chi connectivity index (χ2n) is 2.47. The van der Waals surface area contributed by atoms with Gasteiger partial charge in [0.15, 0.2) is 6.29 Å². The molecule has 4 heteroatoms. The van der Waals surface area contributed by atoms with Crippen molar-refractivity contribution in [2.75, 3.05) is 12.3 Å². The molecule has 1 aromatic heterocycles. The first-order chi connectivity index (χ1) is 5.66. The number of hydrogen-bond acceptors (Lipinski definition) is 4. The maximum Gasteiger partial charge on any atom is 0.183 e. The van der Waals surface area contributed by atoms with Gasteiger partial charge < -0.3 is 15.6 Å². The van der Waals surface area contributed by atoms with E-state index in [1.165, 1.54) is 11.3 Å². The molecule has 3 N–H and O–H groups in total. The zero-order valence-corrected chi connectivity index (χ0v) is 8.02. The van der Waals surface area contributed by atoms with Crippen LogP contribution in [-0.4, -0.2) is 11.7 Å². The fraction of sp³-hybridized carbons (Fsp3) is 0.500. The Hall–Kier alpha value is -0.580. The largest absolute Gasteiger partial charge is 0.397 e. The Morgan fingerprint density at radius 1 is 1.75 bits per heavy atom. The third-order valence-electron chi connectivity index (χ3n) is 1.64. The Kier molecular flexibility index (Phi) is 3.08. The maximum atomic E-state index is 9.42. The highest BCUT2D eigenvalue weighted by atomic mass is 32.1. The molecule has 0 spiro atoms. The first kappa shape index (κ1) is 9.51. The summed E-state index contributed by atoms with van der Waals surface area (Å²) in [4.78, 5) is 1.02. The van der Waals surface area contributed by atoms with Crippen molar-refractivity contribution in [3.8, 4) is 0 Å². The minimum Gasteiger partial charge on any atom is -0.397 e. The van der Waals surface area contributed by atoms with Gasteiger partial charge in [0, 0.05) is 22.4 Å². The molecule has 0 aliphatic heterocycles. The second-order valence-corrected chi connectivity index (χ2v) is 3.55. The molecule has 0 saturated heterocycles.